The van der Waals surface area contributed by atoms with Crippen molar-refractivity contribution in [3.8, 4) is 0 Å². The fourth-order valence-electron chi connectivity index (χ4n) is 2.79. The van der Waals surface area contributed by atoms with Gasteiger partial charge in [0.25, 0.3) is 0 Å². The molecule has 26 heavy (non-hydrogen) atoms. The van der Waals surface area contributed by atoms with Crippen LogP contribution in [-0.2, 0) is 35.1 Å². The van der Waals surface area contributed by atoms with Crippen molar-refractivity contribution in [2.24, 2.45) is 11.8 Å². The second kappa shape index (κ2) is 13.7. The molecular formula is C20H32O6. The van der Waals surface area contributed by atoms with Crippen LogP contribution in [0.2, 0.25) is 0 Å². The summed E-state index contributed by atoms with van der Waals surface area (Å²) >= 11 is 0. The van der Waals surface area contributed by atoms with Gasteiger partial charge in [0, 0.05) is 13.7 Å². The van der Waals surface area contributed by atoms with Crippen molar-refractivity contribution in [1.29, 1.82) is 0 Å². The fourth-order valence-corrected chi connectivity index (χ4v) is 2.79. The van der Waals surface area contributed by atoms with E-state index < -0.39 is 0 Å². The molecule has 0 saturated carbocycles. The summed E-state index contributed by atoms with van der Waals surface area (Å²) in [4.78, 5) is 11.6. The summed E-state index contributed by atoms with van der Waals surface area (Å²) in [5.41, 5.74) is 1.09. The summed E-state index contributed by atoms with van der Waals surface area (Å²) < 4.78 is 26.6. The first kappa shape index (κ1) is 22.6. The number of hydrogen-bond donors (Lipinski definition) is 0. The maximum atomic E-state index is 11.6. The quantitative estimate of drug-likeness (QED) is 0.285. The van der Waals surface area contributed by atoms with Crippen LogP contribution >= 0.6 is 0 Å². The van der Waals surface area contributed by atoms with E-state index in [4.69, 9.17) is 23.7 Å². The van der Waals surface area contributed by atoms with Gasteiger partial charge in [0.05, 0.1) is 26.2 Å². The maximum Gasteiger partial charge on any atom is 0.305 e. The third kappa shape index (κ3) is 9.29. The van der Waals surface area contributed by atoms with Crippen LogP contribution < -0.4 is 0 Å². The molecule has 1 aromatic carbocycles. The van der Waals surface area contributed by atoms with Gasteiger partial charge in [0.15, 0.2) is 0 Å². The largest absolute Gasteiger partial charge is 0.469 e. The molecular weight excluding hydrogens is 336 g/mol. The van der Waals surface area contributed by atoms with Gasteiger partial charge in [-0.25, -0.2) is 0 Å². The third-order valence-electron chi connectivity index (χ3n) is 4.21. The summed E-state index contributed by atoms with van der Waals surface area (Å²) in [5, 5.41) is 0. The van der Waals surface area contributed by atoms with Crippen LogP contribution in [0.3, 0.4) is 0 Å². The highest BCUT2D eigenvalue weighted by Crippen LogP contribution is 2.23. The molecule has 0 fully saturated rings. The van der Waals surface area contributed by atoms with E-state index in [-0.39, 0.29) is 37.5 Å². The van der Waals surface area contributed by atoms with Gasteiger partial charge in [-0.15, -0.1) is 0 Å². The van der Waals surface area contributed by atoms with Crippen molar-refractivity contribution in [2.45, 2.75) is 39.4 Å². The monoisotopic (exact) mass is 368 g/mol. The van der Waals surface area contributed by atoms with Crippen LogP contribution in [0.1, 0.15) is 32.3 Å². The first-order valence-corrected chi connectivity index (χ1v) is 8.95. The van der Waals surface area contributed by atoms with Crippen molar-refractivity contribution in [1.82, 2.24) is 0 Å². The predicted octanol–water partition coefficient (Wildman–Crippen LogP) is 3.39. The molecule has 148 valence electrons. The summed E-state index contributed by atoms with van der Waals surface area (Å²) in [5.74, 6) is -0.0221. The Hall–Kier alpha value is -1.47. The van der Waals surface area contributed by atoms with E-state index in [0.717, 1.165) is 12.0 Å². The van der Waals surface area contributed by atoms with E-state index in [9.17, 15) is 4.79 Å². The topological polar surface area (TPSA) is 63.2 Å². The molecule has 0 saturated heterocycles. The third-order valence-corrected chi connectivity index (χ3v) is 4.21. The van der Waals surface area contributed by atoms with Gasteiger partial charge in [-0.2, -0.15) is 0 Å². The number of esters is 1. The summed E-state index contributed by atoms with van der Waals surface area (Å²) in [6.07, 6.45) is 0.984. The highest BCUT2D eigenvalue weighted by Gasteiger charge is 2.26. The lowest BCUT2D eigenvalue weighted by atomic mass is 9.89. The minimum atomic E-state index is -0.237. The number of carbonyl (C=O) groups is 1. The lowest BCUT2D eigenvalue weighted by molar-refractivity contribution is -0.150. The Morgan fingerprint density at radius 3 is 2.38 bits per heavy atom. The number of benzene rings is 1. The molecule has 0 aromatic heterocycles. The number of hydrogen-bond acceptors (Lipinski definition) is 6. The molecule has 0 amide bonds. The molecule has 0 aliphatic heterocycles. The number of methoxy groups -OCH3 is 2. The van der Waals surface area contributed by atoms with Gasteiger partial charge in [0.2, 0.25) is 0 Å². The van der Waals surface area contributed by atoms with Gasteiger partial charge >= 0.3 is 5.97 Å². The van der Waals surface area contributed by atoms with Crippen LogP contribution in [0.25, 0.3) is 0 Å². The molecule has 3 atom stereocenters. The molecule has 0 heterocycles. The molecule has 1 aromatic rings. The number of rotatable bonds is 14. The van der Waals surface area contributed by atoms with Gasteiger partial charge in [-0.05, 0) is 23.8 Å². The first-order chi connectivity index (χ1) is 12.6. The zero-order valence-electron chi connectivity index (χ0n) is 16.3. The zero-order chi connectivity index (χ0) is 19.2. The fraction of sp³-hybridized carbons (Fsp3) is 0.650. The molecule has 0 bridgehead atoms. The normalized spacial score (nSPS) is 14.6. The van der Waals surface area contributed by atoms with E-state index in [1.807, 2.05) is 37.3 Å². The number of ether oxygens (including phenoxy) is 5. The van der Waals surface area contributed by atoms with E-state index in [1.165, 1.54) is 7.11 Å². The Kier molecular flexibility index (Phi) is 11.9. The Morgan fingerprint density at radius 2 is 1.73 bits per heavy atom. The summed E-state index contributed by atoms with van der Waals surface area (Å²) in [7, 11) is 2.99. The average Bonchev–Trinajstić information content (AvgIpc) is 2.65. The Bertz CT molecular complexity index is 478. The molecule has 6 heteroatoms. The second-order valence-electron chi connectivity index (χ2n) is 6.42. The van der Waals surface area contributed by atoms with E-state index >= 15 is 0 Å². The molecule has 0 spiro atoms. The molecule has 0 unspecified atom stereocenters. The van der Waals surface area contributed by atoms with Crippen LogP contribution in [-0.4, -0.2) is 46.5 Å². The Labute approximate surface area is 156 Å². The highest BCUT2D eigenvalue weighted by molar-refractivity contribution is 5.69. The SMILES string of the molecule is COCOCC[C@H](C)[C@H](OCOCc1ccccc1)[C@H](C)CC(=O)OC. The standard InChI is InChI=1S/C20H32O6/c1-16(10-11-24-14-22-3)20(17(2)12-19(21)23-4)26-15-25-13-18-8-6-5-7-9-18/h5-9,16-17,20H,10-15H2,1-4H3/t16-,17+,20-/m0/s1. The van der Waals surface area contributed by atoms with Crippen molar-refractivity contribution >= 4 is 5.97 Å². The van der Waals surface area contributed by atoms with Gasteiger partial charge < -0.3 is 23.7 Å². The lowest BCUT2D eigenvalue weighted by Gasteiger charge is -2.29. The predicted molar refractivity (Wildman–Crippen MR) is 98.4 cm³/mol. The molecule has 0 aliphatic rings. The minimum Gasteiger partial charge on any atom is -0.469 e. The second-order valence-corrected chi connectivity index (χ2v) is 6.42. The van der Waals surface area contributed by atoms with Crippen LogP contribution in [0.5, 0.6) is 0 Å². The van der Waals surface area contributed by atoms with E-state index in [1.54, 1.807) is 7.11 Å². The van der Waals surface area contributed by atoms with Gasteiger partial charge in [-0.1, -0.05) is 44.2 Å². The van der Waals surface area contributed by atoms with Gasteiger partial charge in [-0.3, -0.25) is 4.79 Å². The molecule has 1 rings (SSSR count). The van der Waals surface area contributed by atoms with Crippen LogP contribution in [0, 0.1) is 11.8 Å². The first-order valence-electron chi connectivity index (χ1n) is 8.95. The zero-order valence-corrected chi connectivity index (χ0v) is 16.3. The van der Waals surface area contributed by atoms with Crippen molar-refractivity contribution < 1.29 is 28.5 Å². The Balaban J connectivity index is 2.48. The summed E-state index contributed by atoms with van der Waals surface area (Å²) in [6, 6.07) is 9.93. The van der Waals surface area contributed by atoms with Gasteiger partial charge in [0.1, 0.15) is 13.6 Å². The van der Waals surface area contributed by atoms with Crippen molar-refractivity contribution in [2.75, 3.05) is 34.4 Å². The van der Waals surface area contributed by atoms with Crippen molar-refractivity contribution in [3.63, 3.8) is 0 Å². The molecule has 6 nitrogen and oxygen atoms in total. The number of carbonyl (C=O) groups excluding carboxylic acids is 1. The minimum absolute atomic E-state index is 0.0141. The highest BCUT2D eigenvalue weighted by atomic mass is 16.7. The Morgan fingerprint density at radius 1 is 1.00 bits per heavy atom. The van der Waals surface area contributed by atoms with Crippen molar-refractivity contribution in [3.05, 3.63) is 35.9 Å². The molecule has 0 radical (unpaired) electrons. The van der Waals surface area contributed by atoms with Crippen LogP contribution in [0.15, 0.2) is 30.3 Å². The van der Waals surface area contributed by atoms with Crippen LogP contribution in [0.4, 0.5) is 0 Å². The average molecular weight is 368 g/mol. The smallest absolute Gasteiger partial charge is 0.305 e. The lowest BCUT2D eigenvalue weighted by Crippen LogP contribution is -2.32. The molecule has 0 aliphatic carbocycles. The maximum absolute atomic E-state index is 11.6. The summed E-state index contributed by atoms with van der Waals surface area (Å²) in [6.45, 7) is 5.59. The molecule has 0 N–H and O–H groups in total. The van der Waals surface area contributed by atoms with E-state index in [2.05, 4.69) is 6.92 Å². The van der Waals surface area contributed by atoms with E-state index in [0.29, 0.717) is 19.6 Å².